The minimum Gasteiger partial charge on any atom is -0.611 e. The first-order valence-electron chi connectivity index (χ1n) is 9.99. The van der Waals surface area contributed by atoms with Gasteiger partial charge in [0.15, 0.2) is 4.90 Å². The Balaban J connectivity index is 1.70. The Morgan fingerprint density at radius 1 is 1.03 bits per heavy atom. The second-order valence-corrected chi connectivity index (χ2v) is 9.15. The van der Waals surface area contributed by atoms with E-state index in [9.17, 15) is 14.5 Å². The van der Waals surface area contributed by atoms with Crippen LogP contribution in [0.2, 0.25) is 0 Å². The van der Waals surface area contributed by atoms with Gasteiger partial charge in [0, 0.05) is 29.3 Å². The lowest BCUT2D eigenvalue weighted by Gasteiger charge is -2.12. The zero-order valence-corrected chi connectivity index (χ0v) is 17.2. The van der Waals surface area contributed by atoms with Gasteiger partial charge in [-0.2, -0.15) is 0 Å². The fraction of sp³-hybridized carbons (Fsp3) is 0.160. The Bertz CT molecular complexity index is 1250. The van der Waals surface area contributed by atoms with E-state index in [2.05, 4.69) is 18.2 Å². The van der Waals surface area contributed by atoms with Gasteiger partial charge in [-0.3, -0.25) is 4.79 Å². The van der Waals surface area contributed by atoms with E-state index in [0.717, 1.165) is 44.6 Å². The molecule has 0 saturated carbocycles. The summed E-state index contributed by atoms with van der Waals surface area (Å²) in [7, 11) is 0. The van der Waals surface area contributed by atoms with Crippen LogP contribution in [0.25, 0.3) is 22.2 Å². The second-order valence-electron chi connectivity index (χ2n) is 7.61. The van der Waals surface area contributed by atoms with Crippen LogP contribution in [0.1, 0.15) is 16.7 Å². The number of carboxylic acid groups (broad SMARTS) is 1. The number of carbonyl (C=O) groups is 1. The van der Waals surface area contributed by atoms with Gasteiger partial charge in [0.25, 0.3) is 0 Å². The van der Waals surface area contributed by atoms with E-state index in [1.54, 1.807) is 0 Å². The molecule has 30 heavy (non-hydrogen) atoms. The van der Waals surface area contributed by atoms with Crippen molar-refractivity contribution in [2.45, 2.75) is 24.3 Å². The van der Waals surface area contributed by atoms with Crippen molar-refractivity contribution in [2.75, 3.05) is 5.75 Å². The van der Waals surface area contributed by atoms with Gasteiger partial charge in [-0.15, -0.1) is 0 Å². The summed E-state index contributed by atoms with van der Waals surface area (Å²) in [5, 5.41) is 10.6. The molecule has 0 radical (unpaired) electrons. The average molecular weight is 416 g/mol. The molecule has 2 heterocycles. The number of aryl methyl sites for hydroxylation is 1. The monoisotopic (exact) mass is 415 g/mol. The number of nitrogens with zero attached hydrogens (tertiary/aromatic N) is 1. The van der Waals surface area contributed by atoms with E-state index in [1.165, 1.54) is 5.56 Å². The van der Waals surface area contributed by atoms with Crippen LogP contribution in [0.15, 0.2) is 77.7 Å². The largest absolute Gasteiger partial charge is 0.611 e. The Hall–Kier alpha value is -3.02. The van der Waals surface area contributed by atoms with Gasteiger partial charge in [0.1, 0.15) is 12.3 Å². The van der Waals surface area contributed by atoms with Crippen LogP contribution in [0.5, 0.6) is 0 Å². The van der Waals surface area contributed by atoms with Crippen molar-refractivity contribution >= 4 is 28.0 Å². The predicted octanol–water partition coefficient (Wildman–Crippen LogP) is 4.65. The van der Waals surface area contributed by atoms with Gasteiger partial charge in [0.05, 0.1) is 5.69 Å². The molecule has 150 valence electrons. The maximum absolute atomic E-state index is 12.1. The standard InChI is InChI=1S/C25H21NO3S/c27-24(28)16-26-22-9-5-4-8-20(22)21(25(26)18-6-2-1-3-7-18)15-17-10-11-23-19(14-17)12-13-30(23)29/h1-11,14H,12-13,15-16H2,(H,27,28). The minimum absolute atomic E-state index is 0.0894. The minimum atomic E-state index is -0.881. The van der Waals surface area contributed by atoms with Gasteiger partial charge in [0.2, 0.25) is 0 Å². The first-order chi connectivity index (χ1) is 14.6. The number of fused-ring (bicyclic) bond motifs is 2. The Morgan fingerprint density at radius 3 is 2.60 bits per heavy atom. The lowest BCUT2D eigenvalue weighted by molar-refractivity contribution is -0.137. The molecule has 4 nitrogen and oxygen atoms in total. The molecule has 0 saturated heterocycles. The summed E-state index contributed by atoms with van der Waals surface area (Å²) < 4.78 is 14.0. The fourth-order valence-electron chi connectivity index (χ4n) is 4.46. The molecule has 5 rings (SSSR count). The van der Waals surface area contributed by atoms with Crippen LogP contribution < -0.4 is 0 Å². The van der Waals surface area contributed by atoms with Crippen LogP contribution in [-0.4, -0.2) is 25.9 Å². The van der Waals surface area contributed by atoms with Crippen LogP contribution in [0, 0.1) is 0 Å². The first kappa shape index (κ1) is 19.0. The third-order valence-electron chi connectivity index (χ3n) is 5.72. The molecule has 0 spiro atoms. The highest BCUT2D eigenvalue weighted by atomic mass is 32.2. The number of rotatable bonds is 5. The van der Waals surface area contributed by atoms with E-state index in [0.29, 0.717) is 12.2 Å². The van der Waals surface area contributed by atoms with Gasteiger partial charge in [-0.25, -0.2) is 0 Å². The molecule has 3 aromatic carbocycles. The Kier molecular flexibility index (Phi) is 4.85. The number of carboxylic acids is 1. The molecular weight excluding hydrogens is 394 g/mol. The highest BCUT2D eigenvalue weighted by Crippen LogP contribution is 2.36. The lowest BCUT2D eigenvalue weighted by atomic mass is 9.97. The summed E-state index contributed by atoms with van der Waals surface area (Å²) >= 11 is -0.881. The summed E-state index contributed by atoms with van der Waals surface area (Å²) in [5.74, 6) is -0.161. The van der Waals surface area contributed by atoms with Crippen molar-refractivity contribution in [1.29, 1.82) is 0 Å². The summed E-state index contributed by atoms with van der Waals surface area (Å²) in [6.07, 6.45) is 1.54. The number of para-hydroxylation sites is 1. The van der Waals surface area contributed by atoms with Crippen molar-refractivity contribution in [3.8, 4) is 11.3 Å². The van der Waals surface area contributed by atoms with Crippen molar-refractivity contribution in [1.82, 2.24) is 4.57 Å². The highest BCUT2D eigenvalue weighted by Gasteiger charge is 2.25. The zero-order valence-electron chi connectivity index (χ0n) is 16.4. The molecule has 1 aliphatic rings. The third-order valence-corrected chi connectivity index (χ3v) is 7.19. The van der Waals surface area contributed by atoms with Crippen molar-refractivity contribution in [3.05, 3.63) is 89.5 Å². The molecule has 0 bridgehead atoms. The van der Waals surface area contributed by atoms with Crippen molar-refractivity contribution < 1.29 is 14.5 Å². The molecule has 5 heteroatoms. The smallest absolute Gasteiger partial charge is 0.323 e. The number of aromatic nitrogens is 1. The van der Waals surface area contributed by atoms with Crippen LogP contribution in [0.4, 0.5) is 0 Å². The molecule has 1 unspecified atom stereocenters. The fourth-order valence-corrected chi connectivity index (χ4v) is 5.76. The summed E-state index contributed by atoms with van der Waals surface area (Å²) in [4.78, 5) is 12.6. The van der Waals surface area contributed by atoms with E-state index in [4.69, 9.17) is 0 Å². The average Bonchev–Trinajstić information content (AvgIpc) is 3.27. The van der Waals surface area contributed by atoms with Crippen molar-refractivity contribution in [3.63, 3.8) is 0 Å². The van der Waals surface area contributed by atoms with Crippen molar-refractivity contribution in [2.24, 2.45) is 0 Å². The van der Waals surface area contributed by atoms with Gasteiger partial charge >= 0.3 is 5.97 Å². The van der Waals surface area contributed by atoms with E-state index in [1.807, 2.05) is 59.2 Å². The lowest BCUT2D eigenvalue weighted by Crippen LogP contribution is -2.10. The first-order valence-corrected chi connectivity index (χ1v) is 11.3. The normalized spacial score (nSPS) is 15.4. The molecular formula is C25H21NO3S. The number of aliphatic carboxylic acids is 1. The Morgan fingerprint density at radius 2 is 1.80 bits per heavy atom. The molecule has 1 aliphatic heterocycles. The highest BCUT2D eigenvalue weighted by molar-refractivity contribution is 7.91. The van der Waals surface area contributed by atoms with E-state index >= 15 is 0 Å². The van der Waals surface area contributed by atoms with Crippen LogP contribution in [0.3, 0.4) is 0 Å². The summed E-state index contributed by atoms with van der Waals surface area (Å²) in [6.45, 7) is -0.0894. The molecule has 1 atom stereocenters. The predicted molar refractivity (Wildman–Crippen MR) is 119 cm³/mol. The quantitative estimate of drug-likeness (QED) is 0.483. The number of benzene rings is 3. The molecule has 1 N–H and O–H groups in total. The zero-order chi connectivity index (χ0) is 20.7. The maximum atomic E-state index is 12.1. The number of hydrogen-bond acceptors (Lipinski definition) is 2. The number of hydrogen-bond donors (Lipinski definition) is 1. The van der Waals surface area contributed by atoms with E-state index in [-0.39, 0.29) is 6.54 Å². The second kappa shape index (κ2) is 7.67. The molecule has 0 aliphatic carbocycles. The van der Waals surface area contributed by atoms with E-state index < -0.39 is 17.1 Å². The topological polar surface area (TPSA) is 65.3 Å². The molecule has 0 fully saturated rings. The molecule has 1 aromatic heterocycles. The maximum Gasteiger partial charge on any atom is 0.323 e. The molecule has 4 aromatic rings. The third kappa shape index (κ3) is 3.30. The van der Waals surface area contributed by atoms with Crippen LogP contribution in [-0.2, 0) is 35.4 Å². The van der Waals surface area contributed by atoms with Gasteiger partial charge in [-0.1, -0.05) is 60.7 Å². The SMILES string of the molecule is O=C(O)Cn1c(-c2ccccc2)c(Cc2ccc3c(c2)CC[S+]3[O-])c2ccccc21. The Labute approximate surface area is 178 Å². The van der Waals surface area contributed by atoms with Gasteiger partial charge < -0.3 is 14.2 Å². The summed E-state index contributed by atoms with van der Waals surface area (Å²) in [5.41, 5.74) is 6.33. The molecule has 0 amide bonds. The van der Waals surface area contributed by atoms with Crippen LogP contribution >= 0.6 is 0 Å². The van der Waals surface area contributed by atoms with Gasteiger partial charge in [-0.05, 0) is 40.0 Å². The summed E-state index contributed by atoms with van der Waals surface area (Å²) in [6, 6.07) is 24.2.